The van der Waals surface area contributed by atoms with Crippen molar-refractivity contribution in [3.05, 3.63) is 0 Å². The molecule has 0 spiro atoms. The fourth-order valence-corrected chi connectivity index (χ4v) is 2.08. The molecule has 2 N–H and O–H groups in total. The molecule has 114 valence electrons. The zero-order valence-electron chi connectivity index (χ0n) is 12.4. The lowest BCUT2D eigenvalue weighted by Gasteiger charge is -2.15. The van der Waals surface area contributed by atoms with Gasteiger partial charge in [-0.25, -0.2) is 0 Å². The minimum absolute atomic E-state index is 0.0939. The number of aliphatic hydroxyl groups excluding tert-OH is 2. The maximum Gasteiger partial charge on any atom is 0.162 e. The Morgan fingerprint density at radius 1 is 1.11 bits per heavy atom. The Hall–Kier alpha value is -0.190. The van der Waals surface area contributed by atoms with Crippen LogP contribution in [0, 0.1) is 5.92 Å². The van der Waals surface area contributed by atoms with Gasteiger partial charge in [0, 0.05) is 5.92 Å². The Labute approximate surface area is 123 Å². The molecule has 0 saturated carbocycles. The fourth-order valence-electron chi connectivity index (χ4n) is 1.90. The van der Waals surface area contributed by atoms with Crippen molar-refractivity contribution in [2.24, 2.45) is 5.92 Å². The second kappa shape index (κ2) is 12.8. The lowest BCUT2D eigenvalue weighted by Crippen LogP contribution is -2.23. The molecule has 0 saturated heterocycles. The van der Waals surface area contributed by atoms with Crippen LogP contribution in [0.1, 0.15) is 65.2 Å². The van der Waals surface area contributed by atoms with E-state index in [1.54, 1.807) is 0 Å². The third-order valence-corrected chi connectivity index (χ3v) is 3.79. The molecule has 0 aromatic rings. The first-order valence-corrected chi connectivity index (χ1v) is 7.98. The molecule has 0 radical (unpaired) electrons. The van der Waals surface area contributed by atoms with Gasteiger partial charge in [-0.1, -0.05) is 58.8 Å². The van der Waals surface area contributed by atoms with Crippen molar-refractivity contribution < 1.29 is 14.9 Å². The van der Waals surface area contributed by atoms with Crippen molar-refractivity contribution in [1.29, 1.82) is 0 Å². The highest BCUT2D eigenvalue weighted by Crippen LogP contribution is 2.14. The summed E-state index contributed by atoms with van der Waals surface area (Å²) in [6.07, 6.45) is 9.30. The number of thiocarbonyl (C=S) groups is 1. The standard InChI is InChI=1S/C15H30O3S/c1-3-4-5-6-7-8-9-10-13(2)15(19)18-12-14(17)11-16/h13-14,16-17H,3-12H2,1-2H3. The van der Waals surface area contributed by atoms with Gasteiger partial charge < -0.3 is 14.9 Å². The molecule has 0 fully saturated rings. The van der Waals surface area contributed by atoms with E-state index in [-0.39, 0.29) is 19.1 Å². The van der Waals surface area contributed by atoms with Crippen LogP contribution >= 0.6 is 12.2 Å². The number of unbranched alkanes of at least 4 members (excludes halogenated alkanes) is 6. The van der Waals surface area contributed by atoms with E-state index in [1.807, 2.05) is 0 Å². The van der Waals surface area contributed by atoms with Crippen LogP contribution in [0.25, 0.3) is 0 Å². The van der Waals surface area contributed by atoms with Gasteiger partial charge >= 0.3 is 0 Å². The Morgan fingerprint density at radius 3 is 2.26 bits per heavy atom. The van der Waals surface area contributed by atoms with Crippen molar-refractivity contribution in [3.8, 4) is 0 Å². The molecule has 0 heterocycles. The molecule has 0 aromatic heterocycles. The molecular weight excluding hydrogens is 260 g/mol. The quantitative estimate of drug-likeness (QED) is 0.427. The monoisotopic (exact) mass is 290 g/mol. The molecule has 0 rings (SSSR count). The first-order chi connectivity index (χ1) is 9.11. The Morgan fingerprint density at radius 2 is 1.68 bits per heavy atom. The second-order valence-corrected chi connectivity index (χ2v) is 5.68. The van der Waals surface area contributed by atoms with Crippen molar-refractivity contribution >= 4 is 17.3 Å². The van der Waals surface area contributed by atoms with Gasteiger partial charge in [0.2, 0.25) is 0 Å². The van der Waals surface area contributed by atoms with Gasteiger partial charge in [0.1, 0.15) is 12.7 Å². The summed E-state index contributed by atoms with van der Waals surface area (Å²) in [5.41, 5.74) is 0. The second-order valence-electron chi connectivity index (χ2n) is 5.28. The molecule has 0 bridgehead atoms. The normalized spacial score (nSPS) is 14.1. The SMILES string of the molecule is CCCCCCCCCC(C)C(=S)OCC(O)CO. The topological polar surface area (TPSA) is 49.7 Å². The van der Waals surface area contributed by atoms with Gasteiger partial charge in [0.15, 0.2) is 5.05 Å². The first-order valence-electron chi connectivity index (χ1n) is 7.57. The Bertz CT molecular complexity index is 221. The summed E-state index contributed by atoms with van der Waals surface area (Å²) in [5, 5.41) is 18.4. The van der Waals surface area contributed by atoms with Gasteiger partial charge in [-0.3, -0.25) is 0 Å². The highest BCUT2D eigenvalue weighted by atomic mass is 32.1. The predicted octanol–water partition coefficient (Wildman–Crippen LogP) is 3.46. The highest BCUT2D eigenvalue weighted by Gasteiger charge is 2.11. The largest absolute Gasteiger partial charge is 0.484 e. The average Bonchev–Trinajstić information content (AvgIpc) is 2.42. The number of rotatable bonds is 12. The molecule has 0 aliphatic carbocycles. The molecule has 0 aromatic carbocycles. The van der Waals surface area contributed by atoms with E-state index >= 15 is 0 Å². The maximum atomic E-state index is 9.17. The first kappa shape index (κ1) is 18.8. The summed E-state index contributed by atoms with van der Waals surface area (Å²) in [7, 11) is 0. The smallest absolute Gasteiger partial charge is 0.162 e. The Kier molecular flexibility index (Phi) is 12.7. The van der Waals surface area contributed by atoms with E-state index in [4.69, 9.17) is 22.1 Å². The molecule has 3 nitrogen and oxygen atoms in total. The van der Waals surface area contributed by atoms with Crippen LogP contribution in [-0.4, -0.2) is 34.6 Å². The summed E-state index contributed by atoms with van der Waals surface area (Å²) in [5.74, 6) is 0.247. The average molecular weight is 290 g/mol. The van der Waals surface area contributed by atoms with Crippen molar-refractivity contribution in [2.75, 3.05) is 13.2 Å². The highest BCUT2D eigenvalue weighted by molar-refractivity contribution is 7.80. The zero-order chi connectivity index (χ0) is 14.5. The lowest BCUT2D eigenvalue weighted by molar-refractivity contribution is 0.0486. The van der Waals surface area contributed by atoms with E-state index in [9.17, 15) is 5.11 Å². The van der Waals surface area contributed by atoms with E-state index in [0.29, 0.717) is 5.05 Å². The van der Waals surface area contributed by atoms with Crippen molar-refractivity contribution in [2.45, 2.75) is 71.3 Å². The molecule has 4 heteroatoms. The predicted molar refractivity (Wildman–Crippen MR) is 83.4 cm³/mol. The number of hydrogen-bond acceptors (Lipinski definition) is 4. The summed E-state index contributed by atoms with van der Waals surface area (Å²) >= 11 is 5.16. The van der Waals surface area contributed by atoms with Crippen LogP contribution in [0.3, 0.4) is 0 Å². The van der Waals surface area contributed by atoms with Gasteiger partial charge in [-0.2, -0.15) is 0 Å². The number of ether oxygens (including phenoxy) is 1. The van der Waals surface area contributed by atoms with Gasteiger partial charge in [0.05, 0.1) is 6.61 Å². The summed E-state index contributed by atoms with van der Waals surface area (Å²) in [6, 6.07) is 0. The lowest BCUT2D eigenvalue weighted by atomic mass is 10.0. The summed E-state index contributed by atoms with van der Waals surface area (Å²) in [4.78, 5) is 0. The van der Waals surface area contributed by atoms with E-state index in [1.165, 1.54) is 44.9 Å². The van der Waals surface area contributed by atoms with Crippen LogP contribution < -0.4 is 0 Å². The zero-order valence-corrected chi connectivity index (χ0v) is 13.3. The molecule has 19 heavy (non-hydrogen) atoms. The van der Waals surface area contributed by atoms with E-state index in [2.05, 4.69) is 13.8 Å². The van der Waals surface area contributed by atoms with Crippen LogP contribution in [-0.2, 0) is 4.74 Å². The van der Waals surface area contributed by atoms with Crippen LogP contribution in [0.4, 0.5) is 0 Å². The molecule has 2 unspecified atom stereocenters. The summed E-state index contributed by atoms with van der Waals surface area (Å²) < 4.78 is 5.29. The van der Waals surface area contributed by atoms with Crippen LogP contribution in [0.2, 0.25) is 0 Å². The van der Waals surface area contributed by atoms with E-state index < -0.39 is 6.10 Å². The molecule has 0 aliphatic heterocycles. The van der Waals surface area contributed by atoms with Gasteiger partial charge in [0.25, 0.3) is 0 Å². The van der Waals surface area contributed by atoms with Gasteiger partial charge in [-0.05, 0) is 18.6 Å². The minimum atomic E-state index is -0.830. The molecule has 0 aliphatic rings. The minimum Gasteiger partial charge on any atom is -0.484 e. The van der Waals surface area contributed by atoms with Crippen molar-refractivity contribution in [1.82, 2.24) is 0 Å². The molecular formula is C15H30O3S. The third kappa shape index (κ3) is 11.3. The number of aliphatic hydroxyl groups is 2. The van der Waals surface area contributed by atoms with Gasteiger partial charge in [-0.15, -0.1) is 0 Å². The fraction of sp³-hybridized carbons (Fsp3) is 0.933. The number of hydrogen-bond donors (Lipinski definition) is 2. The summed E-state index contributed by atoms with van der Waals surface area (Å²) in [6.45, 7) is 4.10. The molecule has 2 atom stereocenters. The third-order valence-electron chi connectivity index (χ3n) is 3.27. The van der Waals surface area contributed by atoms with Crippen LogP contribution in [0.5, 0.6) is 0 Å². The molecule has 0 amide bonds. The van der Waals surface area contributed by atoms with Crippen LogP contribution in [0.15, 0.2) is 0 Å². The Balaban J connectivity index is 3.46. The van der Waals surface area contributed by atoms with Crippen molar-refractivity contribution in [3.63, 3.8) is 0 Å². The maximum absolute atomic E-state index is 9.17. The van der Waals surface area contributed by atoms with E-state index in [0.717, 1.165) is 6.42 Å².